The average molecular weight is 335 g/mol. The van der Waals surface area contributed by atoms with E-state index in [4.69, 9.17) is 4.74 Å². The van der Waals surface area contributed by atoms with E-state index in [1.165, 1.54) is 11.1 Å². The van der Waals surface area contributed by atoms with Gasteiger partial charge in [0.25, 0.3) is 0 Å². The van der Waals surface area contributed by atoms with Gasteiger partial charge in [0.15, 0.2) is 11.6 Å². The smallest absolute Gasteiger partial charge is 0.162 e. The quantitative estimate of drug-likeness (QED) is 0.855. The van der Waals surface area contributed by atoms with Gasteiger partial charge in [0.1, 0.15) is 0 Å². The second kappa shape index (κ2) is 5.63. The summed E-state index contributed by atoms with van der Waals surface area (Å²) in [5.74, 6) is 1.39. The van der Waals surface area contributed by atoms with Crippen LogP contribution in [0.5, 0.6) is 0 Å². The van der Waals surface area contributed by atoms with Crippen molar-refractivity contribution in [1.29, 1.82) is 0 Å². The molecule has 5 heteroatoms. The Balaban J connectivity index is 1.58. The van der Waals surface area contributed by atoms with Gasteiger partial charge in [-0.15, -0.1) is 5.11 Å². The number of hydrogen-bond acceptors (Lipinski definition) is 5. The van der Waals surface area contributed by atoms with Crippen LogP contribution in [0.2, 0.25) is 0 Å². The summed E-state index contributed by atoms with van der Waals surface area (Å²) in [5.41, 5.74) is 4.27. The molecule has 1 N–H and O–H groups in total. The molecule has 0 radical (unpaired) electrons. The molecule has 1 spiro atoms. The lowest BCUT2D eigenvalue weighted by molar-refractivity contribution is -0.118. The Hall–Kier alpha value is -2.27. The molecular formula is C20H21N3O2. The minimum atomic E-state index is -0.212. The Morgan fingerprint density at radius 2 is 1.92 bits per heavy atom. The summed E-state index contributed by atoms with van der Waals surface area (Å²) in [4.78, 5) is 13.3. The van der Waals surface area contributed by atoms with Crippen molar-refractivity contribution in [3.63, 3.8) is 0 Å². The number of rotatable bonds is 1. The Morgan fingerprint density at radius 3 is 2.72 bits per heavy atom. The highest BCUT2D eigenvalue weighted by atomic mass is 16.5. The zero-order chi connectivity index (χ0) is 16.9. The molecule has 1 unspecified atom stereocenters. The number of fused-ring (bicyclic) bond motifs is 2. The zero-order valence-corrected chi connectivity index (χ0v) is 14.1. The summed E-state index contributed by atoms with van der Waals surface area (Å²) in [7, 11) is 0. The van der Waals surface area contributed by atoms with Gasteiger partial charge in [0.05, 0.1) is 6.54 Å². The van der Waals surface area contributed by atoms with Crippen molar-refractivity contribution in [3.05, 3.63) is 58.6 Å². The van der Waals surface area contributed by atoms with Crippen molar-refractivity contribution in [1.82, 2.24) is 5.32 Å². The van der Waals surface area contributed by atoms with Crippen LogP contribution in [0.25, 0.3) is 0 Å². The molecule has 0 bridgehead atoms. The number of benzene rings is 1. The van der Waals surface area contributed by atoms with Gasteiger partial charge < -0.3 is 10.1 Å². The summed E-state index contributed by atoms with van der Waals surface area (Å²) >= 11 is 0. The van der Waals surface area contributed by atoms with E-state index >= 15 is 0 Å². The summed E-state index contributed by atoms with van der Waals surface area (Å²) in [5, 5.41) is 12.0. The molecule has 1 aromatic carbocycles. The van der Waals surface area contributed by atoms with E-state index in [9.17, 15) is 4.79 Å². The van der Waals surface area contributed by atoms with Gasteiger partial charge in [-0.3, -0.25) is 4.79 Å². The van der Waals surface area contributed by atoms with E-state index in [0.29, 0.717) is 26.2 Å². The van der Waals surface area contributed by atoms with Gasteiger partial charge in [-0.25, -0.2) is 0 Å². The second-order valence-electron chi connectivity index (χ2n) is 7.34. The van der Waals surface area contributed by atoms with Crippen LogP contribution < -0.4 is 5.32 Å². The minimum absolute atomic E-state index is 0.212. The molecule has 5 nitrogen and oxygen atoms in total. The molecule has 4 aliphatic rings. The molecule has 1 fully saturated rings. The normalized spacial score (nSPS) is 27.4. The molecule has 1 aromatic rings. The van der Waals surface area contributed by atoms with Crippen molar-refractivity contribution >= 4 is 5.78 Å². The molecule has 1 aliphatic carbocycles. The first-order chi connectivity index (χ1) is 12.3. The fourth-order valence-corrected chi connectivity index (χ4v) is 4.90. The Kier molecular flexibility index (Phi) is 3.38. The molecule has 1 saturated heterocycles. The van der Waals surface area contributed by atoms with Crippen molar-refractivity contribution in [2.75, 3.05) is 19.8 Å². The summed E-state index contributed by atoms with van der Waals surface area (Å²) in [6.45, 7) is 2.00. The van der Waals surface area contributed by atoms with Crippen LogP contribution in [-0.4, -0.2) is 25.5 Å². The van der Waals surface area contributed by atoms with Crippen LogP contribution in [0.15, 0.2) is 63.2 Å². The van der Waals surface area contributed by atoms with Crippen molar-refractivity contribution in [2.24, 2.45) is 15.6 Å². The van der Waals surface area contributed by atoms with E-state index in [1.54, 1.807) is 0 Å². The van der Waals surface area contributed by atoms with Crippen LogP contribution in [0.1, 0.15) is 37.2 Å². The predicted molar refractivity (Wildman–Crippen MR) is 92.8 cm³/mol. The molecule has 5 rings (SSSR count). The lowest BCUT2D eigenvalue weighted by Gasteiger charge is -2.45. The number of hydrogen-bond donors (Lipinski definition) is 1. The zero-order valence-electron chi connectivity index (χ0n) is 14.1. The molecule has 0 amide bonds. The third kappa shape index (κ3) is 2.22. The average Bonchev–Trinajstić information content (AvgIpc) is 3.12. The van der Waals surface area contributed by atoms with Gasteiger partial charge in [0.2, 0.25) is 0 Å². The van der Waals surface area contributed by atoms with Crippen LogP contribution >= 0.6 is 0 Å². The second-order valence-corrected chi connectivity index (χ2v) is 7.34. The Morgan fingerprint density at radius 1 is 1.12 bits per heavy atom. The largest absolute Gasteiger partial charge is 0.381 e. The molecular weight excluding hydrogens is 314 g/mol. The monoisotopic (exact) mass is 335 g/mol. The first-order valence-electron chi connectivity index (χ1n) is 9.05. The maximum atomic E-state index is 13.3. The van der Waals surface area contributed by atoms with Gasteiger partial charge in [-0.05, 0) is 30.7 Å². The third-order valence-electron chi connectivity index (χ3n) is 6.09. The Labute approximate surface area is 146 Å². The van der Waals surface area contributed by atoms with E-state index in [1.807, 2.05) is 18.2 Å². The number of azo groups is 1. The van der Waals surface area contributed by atoms with Crippen LogP contribution in [0.4, 0.5) is 0 Å². The van der Waals surface area contributed by atoms with Gasteiger partial charge >= 0.3 is 0 Å². The third-order valence-corrected chi connectivity index (χ3v) is 6.09. The highest BCUT2D eigenvalue weighted by molar-refractivity contribution is 6.00. The highest BCUT2D eigenvalue weighted by Gasteiger charge is 2.50. The highest BCUT2D eigenvalue weighted by Crippen LogP contribution is 2.54. The molecule has 3 heterocycles. The number of ether oxygens (including phenoxy) is 1. The number of ketones is 1. The fraction of sp³-hybridized carbons (Fsp3) is 0.450. The summed E-state index contributed by atoms with van der Waals surface area (Å²) in [6.07, 6.45) is 3.17. The van der Waals surface area contributed by atoms with Crippen molar-refractivity contribution in [2.45, 2.75) is 31.6 Å². The number of dihydropyridines is 1. The minimum Gasteiger partial charge on any atom is -0.381 e. The van der Waals surface area contributed by atoms with Crippen molar-refractivity contribution < 1.29 is 9.53 Å². The molecule has 0 aromatic heterocycles. The topological polar surface area (TPSA) is 63.0 Å². The van der Waals surface area contributed by atoms with Gasteiger partial charge in [-0.2, -0.15) is 5.11 Å². The number of carbonyl (C=O) groups is 1. The maximum absolute atomic E-state index is 13.3. The molecule has 128 valence electrons. The lowest BCUT2D eigenvalue weighted by atomic mass is 9.62. The van der Waals surface area contributed by atoms with E-state index in [-0.39, 0.29) is 17.1 Å². The van der Waals surface area contributed by atoms with E-state index < -0.39 is 0 Å². The number of nitrogens with one attached hydrogen (secondary N) is 1. The summed E-state index contributed by atoms with van der Waals surface area (Å²) in [6, 6.07) is 10.4. The van der Waals surface area contributed by atoms with Gasteiger partial charge in [0, 0.05) is 41.9 Å². The molecule has 3 aliphatic heterocycles. The fourth-order valence-electron chi connectivity index (χ4n) is 4.90. The van der Waals surface area contributed by atoms with Gasteiger partial charge in [-0.1, -0.05) is 30.3 Å². The number of nitrogens with zero attached hydrogens (tertiary/aromatic N) is 2. The predicted octanol–water partition coefficient (Wildman–Crippen LogP) is 3.46. The maximum Gasteiger partial charge on any atom is 0.162 e. The molecule has 25 heavy (non-hydrogen) atoms. The lowest BCUT2D eigenvalue weighted by Crippen LogP contribution is -2.45. The van der Waals surface area contributed by atoms with Crippen LogP contribution in [0, 0.1) is 5.41 Å². The SMILES string of the molecule is O=C1CC(c2ccccc2)CC2=C1C1(CCOCC1)C1=C(N=NC1)N2. The van der Waals surface area contributed by atoms with Crippen LogP contribution in [-0.2, 0) is 9.53 Å². The number of allylic oxidation sites excluding steroid dienone is 2. The van der Waals surface area contributed by atoms with E-state index in [0.717, 1.165) is 36.4 Å². The first-order valence-corrected chi connectivity index (χ1v) is 9.05. The standard InChI is InChI=1S/C20H21N3O2/c24-17-11-14(13-4-2-1-3-5-13)10-16-18(17)20(6-8-25-9-7-20)15-12-21-23-19(15)22-16/h1-5,14,22H,6-12H2. The Bertz CT molecular complexity index is 817. The molecule has 1 atom stereocenters. The number of Topliss-reactive ketones (excluding diaryl/α,β-unsaturated/α-hetero) is 1. The molecule has 0 saturated carbocycles. The van der Waals surface area contributed by atoms with Crippen LogP contribution in [0.3, 0.4) is 0 Å². The summed E-state index contributed by atoms with van der Waals surface area (Å²) < 4.78 is 5.61. The number of carbonyl (C=O) groups excluding carboxylic acids is 1. The van der Waals surface area contributed by atoms with Crippen molar-refractivity contribution in [3.8, 4) is 0 Å². The van der Waals surface area contributed by atoms with E-state index in [2.05, 4.69) is 27.7 Å². The first kappa shape index (κ1) is 15.0.